The van der Waals surface area contributed by atoms with Crippen molar-refractivity contribution in [1.29, 1.82) is 0 Å². The predicted octanol–water partition coefficient (Wildman–Crippen LogP) is 2.19. The average molecular weight is 173 g/mol. The number of ether oxygens (including phenoxy) is 1. The minimum atomic E-state index is 0.376. The molecule has 74 valence electrons. The molecule has 0 radical (unpaired) electrons. The molecule has 0 saturated carbocycles. The van der Waals surface area contributed by atoms with Crippen LogP contribution in [0.15, 0.2) is 0 Å². The van der Waals surface area contributed by atoms with Crippen molar-refractivity contribution in [3.63, 3.8) is 0 Å². The second-order valence-corrected chi connectivity index (χ2v) is 3.14. The van der Waals surface area contributed by atoms with Crippen molar-refractivity contribution in [2.24, 2.45) is 0 Å². The molecule has 0 spiro atoms. The summed E-state index contributed by atoms with van der Waals surface area (Å²) >= 11 is 0. The van der Waals surface area contributed by atoms with Crippen LogP contribution in [0.4, 0.5) is 0 Å². The Balaban J connectivity index is 3.60. The molecular formula is C10H23NO. The maximum absolute atomic E-state index is 5.59. The molecule has 0 aliphatic heterocycles. The number of rotatable bonds is 7. The first-order chi connectivity index (χ1) is 5.76. The van der Waals surface area contributed by atoms with Crippen LogP contribution in [0.2, 0.25) is 0 Å². The summed E-state index contributed by atoms with van der Waals surface area (Å²) in [6, 6.07) is 0.481. The molecule has 0 rings (SSSR count). The van der Waals surface area contributed by atoms with Crippen LogP contribution in [-0.2, 0) is 4.74 Å². The highest BCUT2D eigenvalue weighted by Gasteiger charge is 2.13. The van der Waals surface area contributed by atoms with Gasteiger partial charge in [0.05, 0.1) is 6.10 Å². The van der Waals surface area contributed by atoms with Gasteiger partial charge < -0.3 is 10.1 Å². The fraction of sp³-hybridized carbons (Fsp3) is 1.00. The smallest absolute Gasteiger partial charge is 0.0722 e. The van der Waals surface area contributed by atoms with Crippen LogP contribution in [0, 0.1) is 0 Å². The number of hydrogen-bond donors (Lipinski definition) is 1. The van der Waals surface area contributed by atoms with E-state index in [4.69, 9.17) is 4.74 Å². The maximum atomic E-state index is 5.59. The molecule has 0 saturated heterocycles. The zero-order chi connectivity index (χ0) is 9.40. The van der Waals surface area contributed by atoms with Gasteiger partial charge in [0.2, 0.25) is 0 Å². The Labute approximate surface area is 76.7 Å². The third-order valence-electron chi connectivity index (χ3n) is 2.06. The molecule has 0 heterocycles. The maximum Gasteiger partial charge on any atom is 0.0722 e. The number of hydrogen-bond acceptors (Lipinski definition) is 2. The second-order valence-electron chi connectivity index (χ2n) is 3.14. The normalized spacial score (nSPS) is 16.0. The van der Waals surface area contributed by atoms with Gasteiger partial charge in [-0.1, -0.05) is 13.8 Å². The standard InChI is InChI=1S/C10H23NO/c1-5-8-11-9(4)10(6-2)12-7-3/h9-11H,5-8H2,1-4H3. The molecule has 0 aliphatic carbocycles. The van der Waals surface area contributed by atoms with E-state index in [0.717, 1.165) is 19.6 Å². The molecule has 0 aromatic heterocycles. The van der Waals surface area contributed by atoms with E-state index < -0.39 is 0 Å². The summed E-state index contributed by atoms with van der Waals surface area (Å²) in [5, 5.41) is 3.44. The summed E-state index contributed by atoms with van der Waals surface area (Å²) in [5.74, 6) is 0. The van der Waals surface area contributed by atoms with Crippen molar-refractivity contribution in [2.45, 2.75) is 52.7 Å². The van der Waals surface area contributed by atoms with Gasteiger partial charge in [0, 0.05) is 12.6 Å². The Hall–Kier alpha value is -0.0800. The molecule has 2 atom stereocenters. The van der Waals surface area contributed by atoms with Crippen LogP contribution in [0.1, 0.15) is 40.5 Å². The lowest BCUT2D eigenvalue weighted by Crippen LogP contribution is -2.39. The van der Waals surface area contributed by atoms with Gasteiger partial charge in [0.25, 0.3) is 0 Å². The summed E-state index contributed by atoms with van der Waals surface area (Å²) < 4.78 is 5.59. The molecule has 2 nitrogen and oxygen atoms in total. The van der Waals surface area contributed by atoms with Crippen molar-refractivity contribution in [2.75, 3.05) is 13.2 Å². The average Bonchev–Trinajstić information content (AvgIpc) is 2.10. The molecule has 2 unspecified atom stereocenters. The highest BCUT2D eigenvalue weighted by Crippen LogP contribution is 2.03. The van der Waals surface area contributed by atoms with Crippen LogP contribution in [0.3, 0.4) is 0 Å². The van der Waals surface area contributed by atoms with Crippen molar-refractivity contribution in [1.82, 2.24) is 5.32 Å². The zero-order valence-electron chi connectivity index (χ0n) is 8.89. The third kappa shape index (κ3) is 4.73. The summed E-state index contributed by atoms with van der Waals surface area (Å²) in [4.78, 5) is 0. The molecule has 0 bridgehead atoms. The van der Waals surface area contributed by atoms with Gasteiger partial charge in [-0.3, -0.25) is 0 Å². The summed E-state index contributed by atoms with van der Waals surface area (Å²) in [5.41, 5.74) is 0. The first kappa shape index (κ1) is 11.9. The zero-order valence-corrected chi connectivity index (χ0v) is 8.89. The van der Waals surface area contributed by atoms with Crippen LogP contribution in [-0.4, -0.2) is 25.3 Å². The topological polar surface area (TPSA) is 21.3 Å². The van der Waals surface area contributed by atoms with Crippen molar-refractivity contribution < 1.29 is 4.74 Å². The van der Waals surface area contributed by atoms with Crippen molar-refractivity contribution in [3.8, 4) is 0 Å². The lowest BCUT2D eigenvalue weighted by atomic mass is 10.1. The van der Waals surface area contributed by atoms with E-state index in [1.54, 1.807) is 0 Å². The molecule has 0 fully saturated rings. The quantitative estimate of drug-likeness (QED) is 0.637. The Morgan fingerprint density at radius 1 is 1.25 bits per heavy atom. The van der Waals surface area contributed by atoms with Crippen molar-refractivity contribution >= 4 is 0 Å². The monoisotopic (exact) mass is 173 g/mol. The van der Waals surface area contributed by atoms with Gasteiger partial charge in [-0.05, 0) is 33.2 Å². The molecule has 2 heteroatoms. The molecular weight excluding hydrogens is 150 g/mol. The minimum absolute atomic E-state index is 0.376. The van der Waals surface area contributed by atoms with E-state index in [2.05, 4.69) is 33.0 Å². The third-order valence-corrected chi connectivity index (χ3v) is 2.06. The predicted molar refractivity (Wildman–Crippen MR) is 53.5 cm³/mol. The first-order valence-corrected chi connectivity index (χ1v) is 5.11. The van der Waals surface area contributed by atoms with E-state index in [1.165, 1.54) is 6.42 Å². The van der Waals surface area contributed by atoms with Gasteiger partial charge in [-0.15, -0.1) is 0 Å². The van der Waals surface area contributed by atoms with Gasteiger partial charge in [0.1, 0.15) is 0 Å². The lowest BCUT2D eigenvalue weighted by molar-refractivity contribution is 0.0366. The Bertz CT molecular complexity index is 95.8. The fourth-order valence-corrected chi connectivity index (χ4v) is 1.33. The highest BCUT2D eigenvalue weighted by atomic mass is 16.5. The summed E-state index contributed by atoms with van der Waals surface area (Å²) in [7, 11) is 0. The van der Waals surface area contributed by atoms with E-state index in [9.17, 15) is 0 Å². The molecule has 12 heavy (non-hydrogen) atoms. The molecule has 1 N–H and O–H groups in total. The highest BCUT2D eigenvalue weighted by molar-refractivity contribution is 4.70. The van der Waals surface area contributed by atoms with E-state index in [-0.39, 0.29) is 0 Å². The van der Waals surface area contributed by atoms with Gasteiger partial charge in [-0.2, -0.15) is 0 Å². The Kier molecular flexibility index (Phi) is 7.51. The largest absolute Gasteiger partial charge is 0.377 e. The van der Waals surface area contributed by atoms with E-state index in [1.807, 2.05) is 0 Å². The molecule has 0 amide bonds. The summed E-state index contributed by atoms with van der Waals surface area (Å²) in [6.07, 6.45) is 2.65. The fourth-order valence-electron chi connectivity index (χ4n) is 1.33. The van der Waals surface area contributed by atoms with Crippen molar-refractivity contribution in [3.05, 3.63) is 0 Å². The number of nitrogens with one attached hydrogen (secondary N) is 1. The van der Waals surface area contributed by atoms with Gasteiger partial charge in [0.15, 0.2) is 0 Å². The van der Waals surface area contributed by atoms with E-state index in [0.29, 0.717) is 12.1 Å². The Morgan fingerprint density at radius 2 is 1.92 bits per heavy atom. The Morgan fingerprint density at radius 3 is 2.33 bits per heavy atom. The molecule has 0 aromatic rings. The van der Waals surface area contributed by atoms with Crippen LogP contribution >= 0.6 is 0 Å². The minimum Gasteiger partial charge on any atom is -0.377 e. The second kappa shape index (κ2) is 7.56. The summed E-state index contributed by atoms with van der Waals surface area (Å²) in [6.45, 7) is 10.5. The molecule has 0 aromatic carbocycles. The van der Waals surface area contributed by atoms with Crippen LogP contribution in [0.5, 0.6) is 0 Å². The SMILES string of the molecule is CCCNC(C)C(CC)OCC. The van der Waals surface area contributed by atoms with Crippen LogP contribution < -0.4 is 5.32 Å². The lowest BCUT2D eigenvalue weighted by Gasteiger charge is -2.23. The van der Waals surface area contributed by atoms with Crippen LogP contribution in [0.25, 0.3) is 0 Å². The van der Waals surface area contributed by atoms with E-state index >= 15 is 0 Å². The van der Waals surface area contributed by atoms with Gasteiger partial charge in [-0.25, -0.2) is 0 Å². The molecule has 0 aliphatic rings. The first-order valence-electron chi connectivity index (χ1n) is 5.11. The van der Waals surface area contributed by atoms with Gasteiger partial charge >= 0.3 is 0 Å².